The molecule has 0 aliphatic heterocycles. The topological polar surface area (TPSA) is 98.3 Å². The summed E-state index contributed by atoms with van der Waals surface area (Å²) in [6, 6.07) is 8.88. The van der Waals surface area contributed by atoms with Gasteiger partial charge in [-0.2, -0.15) is 0 Å². The minimum Gasteiger partial charge on any atom is -0.399 e. The lowest BCUT2D eigenvalue weighted by molar-refractivity contribution is -0.385. The fourth-order valence-electron chi connectivity index (χ4n) is 1.68. The Kier molecular flexibility index (Phi) is 4.63. The van der Waals surface area contributed by atoms with E-state index in [-0.39, 0.29) is 16.9 Å². The zero-order valence-corrected chi connectivity index (χ0v) is 13.4. The standard InChI is InChI=1S/C13H9ClIN3O3/c14-10-5-7(15)1-3-11(10)17-13(19)9-6-8(16)2-4-12(9)18(20)21/h1-6H,16H2,(H,17,19). The van der Waals surface area contributed by atoms with E-state index in [0.717, 1.165) is 3.57 Å². The van der Waals surface area contributed by atoms with Crippen LogP contribution in [0.5, 0.6) is 0 Å². The van der Waals surface area contributed by atoms with Crippen LogP contribution in [-0.4, -0.2) is 10.8 Å². The van der Waals surface area contributed by atoms with Gasteiger partial charge in [0.05, 0.1) is 15.6 Å². The summed E-state index contributed by atoms with van der Waals surface area (Å²) in [6.45, 7) is 0. The Morgan fingerprint density at radius 1 is 1.29 bits per heavy atom. The first-order chi connectivity index (χ1) is 9.88. The summed E-state index contributed by atoms with van der Waals surface area (Å²) < 4.78 is 0.908. The van der Waals surface area contributed by atoms with Crippen LogP contribution in [0, 0.1) is 13.7 Å². The van der Waals surface area contributed by atoms with Gasteiger partial charge in [-0.1, -0.05) is 11.6 Å². The van der Waals surface area contributed by atoms with Gasteiger partial charge in [-0.15, -0.1) is 0 Å². The minimum atomic E-state index is -0.642. The Labute approximate surface area is 138 Å². The van der Waals surface area contributed by atoms with Crippen LogP contribution in [0.25, 0.3) is 0 Å². The molecule has 0 radical (unpaired) electrons. The van der Waals surface area contributed by atoms with Crippen molar-refractivity contribution in [2.45, 2.75) is 0 Å². The van der Waals surface area contributed by atoms with Gasteiger partial charge in [-0.25, -0.2) is 0 Å². The van der Waals surface area contributed by atoms with E-state index in [1.807, 2.05) is 0 Å². The third kappa shape index (κ3) is 3.61. The molecule has 1 amide bonds. The van der Waals surface area contributed by atoms with Crippen molar-refractivity contribution in [2.24, 2.45) is 0 Å². The van der Waals surface area contributed by atoms with E-state index in [1.165, 1.54) is 18.2 Å². The van der Waals surface area contributed by atoms with E-state index in [1.54, 1.807) is 18.2 Å². The first-order valence-corrected chi connectivity index (χ1v) is 7.14. The Hall–Kier alpha value is -1.87. The number of nitrogens with zero attached hydrogens (tertiary/aromatic N) is 1. The molecule has 0 bridgehead atoms. The monoisotopic (exact) mass is 417 g/mol. The highest BCUT2D eigenvalue weighted by Gasteiger charge is 2.21. The molecule has 0 spiro atoms. The molecule has 0 aromatic heterocycles. The number of nitrogen functional groups attached to an aromatic ring is 1. The molecule has 0 unspecified atom stereocenters. The van der Waals surface area contributed by atoms with Crippen LogP contribution in [0.3, 0.4) is 0 Å². The van der Waals surface area contributed by atoms with Crippen LogP contribution in [0.4, 0.5) is 17.1 Å². The maximum Gasteiger partial charge on any atom is 0.282 e. The van der Waals surface area contributed by atoms with Gasteiger partial charge in [-0.3, -0.25) is 14.9 Å². The van der Waals surface area contributed by atoms with Gasteiger partial charge >= 0.3 is 0 Å². The molecule has 3 N–H and O–H groups in total. The van der Waals surface area contributed by atoms with E-state index in [4.69, 9.17) is 17.3 Å². The second-order valence-corrected chi connectivity index (χ2v) is 5.76. The summed E-state index contributed by atoms with van der Waals surface area (Å²) in [7, 11) is 0. The van der Waals surface area contributed by atoms with Gasteiger partial charge in [-0.05, 0) is 52.9 Å². The highest BCUT2D eigenvalue weighted by Crippen LogP contribution is 2.26. The summed E-state index contributed by atoms with van der Waals surface area (Å²) in [5, 5.41) is 13.9. The zero-order valence-electron chi connectivity index (χ0n) is 10.5. The molecule has 2 aromatic rings. The van der Waals surface area contributed by atoms with Gasteiger partial charge in [0.1, 0.15) is 5.56 Å². The molecule has 0 aliphatic rings. The van der Waals surface area contributed by atoms with Crippen LogP contribution in [0.1, 0.15) is 10.4 Å². The Morgan fingerprint density at radius 3 is 2.62 bits per heavy atom. The third-order valence-corrected chi connectivity index (χ3v) is 3.62. The number of nitro benzene ring substituents is 1. The van der Waals surface area contributed by atoms with E-state index in [9.17, 15) is 14.9 Å². The minimum absolute atomic E-state index is 0.116. The molecule has 0 fully saturated rings. The van der Waals surface area contributed by atoms with Crippen molar-refractivity contribution in [3.05, 3.63) is 60.7 Å². The fourth-order valence-corrected chi connectivity index (χ4v) is 2.58. The summed E-state index contributed by atoms with van der Waals surface area (Å²) in [5.41, 5.74) is 5.78. The largest absolute Gasteiger partial charge is 0.399 e. The summed E-state index contributed by atoms with van der Waals surface area (Å²) >= 11 is 8.10. The molecule has 0 atom stereocenters. The number of rotatable bonds is 3. The molecule has 6 nitrogen and oxygen atoms in total. The van der Waals surface area contributed by atoms with E-state index in [0.29, 0.717) is 10.7 Å². The van der Waals surface area contributed by atoms with Crippen molar-refractivity contribution in [3.63, 3.8) is 0 Å². The second kappa shape index (κ2) is 6.27. The molecular formula is C13H9ClIN3O3. The molecule has 2 rings (SSSR count). The van der Waals surface area contributed by atoms with Crippen LogP contribution < -0.4 is 11.1 Å². The number of halogens is 2. The zero-order chi connectivity index (χ0) is 15.6. The lowest BCUT2D eigenvalue weighted by Gasteiger charge is -2.08. The predicted octanol–water partition coefficient (Wildman–Crippen LogP) is 3.69. The molecule has 0 saturated carbocycles. The molecule has 0 saturated heterocycles. The van der Waals surface area contributed by atoms with Gasteiger partial charge in [0.2, 0.25) is 0 Å². The maximum absolute atomic E-state index is 12.2. The smallest absolute Gasteiger partial charge is 0.282 e. The van der Waals surface area contributed by atoms with Crippen LogP contribution >= 0.6 is 34.2 Å². The molecule has 21 heavy (non-hydrogen) atoms. The summed E-state index contributed by atoms with van der Waals surface area (Å²) in [6.07, 6.45) is 0. The number of hydrogen-bond acceptors (Lipinski definition) is 4. The SMILES string of the molecule is Nc1ccc([N+](=O)[O-])c(C(=O)Nc2ccc(I)cc2Cl)c1. The third-order valence-electron chi connectivity index (χ3n) is 2.64. The first-order valence-electron chi connectivity index (χ1n) is 5.69. The fraction of sp³-hybridized carbons (Fsp3) is 0. The van der Waals surface area contributed by atoms with Gasteiger partial charge in [0.25, 0.3) is 11.6 Å². The maximum atomic E-state index is 12.2. The highest BCUT2D eigenvalue weighted by atomic mass is 127. The van der Waals surface area contributed by atoms with Crippen LogP contribution in [0.2, 0.25) is 5.02 Å². The number of nitrogens with two attached hydrogens (primary N) is 1. The Morgan fingerprint density at radius 2 is 2.00 bits per heavy atom. The highest BCUT2D eigenvalue weighted by molar-refractivity contribution is 14.1. The molecule has 8 heteroatoms. The number of benzene rings is 2. The molecule has 0 heterocycles. The quantitative estimate of drug-likeness (QED) is 0.344. The Bertz CT molecular complexity index is 737. The number of nitrogens with one attached hydrogen (secondary N) is 1. The first kappa shape index (κ1) is 15.5. The van der Waals surface area contributed by atoms with Crippen molar-refractivity contribution in [1.82, 2.24) is 0 Å². The molecule has 2 aromatic carbocycles. The van der Waals surface area contributed by atoms with Crippen molar-refractivity contribution in [1.29, 1.82) is 0 Å². The summed E-state index contributed by atoms with van der Waals surface area (Å²) in [5.74, 6) is -0.642. The normalized spacial score (nSPS) is 10.2. The predicted molar refractivity (Wildman–Crippen MR) is 89.6 cm³/mol. The van der Waals surface area contributed by atoms with Crippen molar-refractivity contribution >= 4 is 57.2 Å². The molecule has 108 valence electrons. The number of carbonyl (C=O) groups is 1. The van der Waals surface area contributed by atoms with Gasteiger partial charge in [0.15, 0.2) is 0 Å². The number of hydrogen-bond donors (Lipinski definition) is 2. The van der Waals surface area contributed by atoms with Crippen molar-refractivity contribution in [2.75, 3.05) is 11.1 Å². The van der Waals surface area contributed by atoms with Crippen LogP contribution in [0.15, 0.2) is 36.4 Å². The number of nitro groups is 1. The summed E-state index contributed by atoms with van der Waals surface area (Å²) in [4.78, 5) is 22.5. The lowest BCUT2D eigenvalue weighted by Crippen LogP contribution is -2.14. The van der Waals surface area contributed by atoms with E-state index in [2.05, 4.69) is 27.9 Å². The Balaban J connectivity index is 2.36. The number of amides is 1. The van der Waals surface area contributed by atoms with Crippen LogP contribution in [-0.2, 0) is 0 Å². The van der Waals surface area contributed by atoms with E-state index >= 15 is 0 Å². The average Bonchev–Trinajstić information content (AvgIpc) is 2.41. The number of carbonyl (C=O) groups excluding carboxylic acids is 1. The van der Waals surface area contributed by atoms with Crippen molar-refractivity contribution < 1.29 is 9.72 Å². The molecule has 0 aliphatic carbocycles. The van der Waals surface area contributed by atoms with Gasteiger partial charge < -0.3 is 11.1 Å². The van der Waals surface area contributed by atoms with E-state index < -0.39 is 10.8 Å². The van der Waals surface area contributed by atoms with Crippen molar-refractivity contribution in [3.8, 4) is 0 Å². The van der Waals surface area contributed by atoms with Gasteiger partial charge in [0, 0.05) is 15.3 Å². The molecular weight excluding hydrogens is 409 g/mol. The number of anilines is 2. The second-order valence-electron chi connectivity index (χ2n) is 4.11. The average molecular weight is 418 g/mol. The lowest BCUT2D eigenvalue weighted by atomic mass is 10.1.